The number of benzene rings is 3. The number of carbonyl (C=O) groups is 2. The van der Waals surface area contributed by atoms with Crippen LogP contribution in [0.3, 0.4) is 0 Å². The van der Waals surface area contributed by atoms with Gasteiger partial charge in [-0.1, -0.05) is 83.9 Å². The Balaban J connectivity index is 1.17. The highest BCUT2D eigenvalue weighted by molar-refractivity contribution is 6.42. The first kappa shape index (κ1) is 30.3. The van der Waals surface area contributed by atoms with Crippen LogP contribution in [-0.2, 0) is 22.6 Å². The molecule has 0 radical (unpaired) electrons. The summed E-state index contributed by atoms with van der Waals surface area (Å²) in [6, 6.07) is 25.0. The van der Waals surface area contributed by atoms with Crippen molar-refractivity contribution in [1.82, 2.24) is 19.6 Å². The van der Waals surface area contributed by atoms with Gasteiger partial charge in [-0.15, -0.1) is 0 Å². The van der Waals surface area contributed by atoms with Gasteiger partial charge in [0.05, 0.1) is 16.7 Å². The largest absolute Gasteiger partial charge is 0.361 e. The molecule has 10 heteroatoms. The van der Waals surface area contributed by atoms with Crippen molar-refractivity contribution in [3.63, 3.8) is 0 Å². The maximum Gasteiger partial charge on any atom is 0.321 e. The van der Waals surface area contributed by atoms with Crippen LogP contribution in [0, 0.1) is 0 Å². The van der Waals surface area contributed by atoms with Crippen LogP contribution in [0.2, 0.25) is 10.0 Å². The summed E-state index contributed by atoms with van der Waals surface area (Å²) in [5, 5.41) is 3.69. The van der Waals surface area contributed by atoms with Gasteiger partial charge >= 0.3 is 6.03 Å². The van der Waals surface area contributed by atoms with Crippen molar-refractivity contribution in [1.29, 1.82) is 0 Å². The molecular formula is C32H37Cl2N5O3. The maximum atomic E-state index is 13.9. The van der Waals surface area contributed by atoms with Gasteiger partial charge < -0.3 is 19.9 Å². The molecule has 2 saturated heterocycles. The lowest BCUT2D eigenvalue weighted by Gasteiger charge is -2.43. The summed E-state index contributed by atoms with van der Waals surface area (Å²) in [7, 11) is 0. The molecule has 42 heavy (non-hydrogen) atoms. The van der Waals surface area contributed by atoms with Gasteiger partial charge in [0.1, 0.15) is 12.8 Å². The van der Waals surface area contributed by atoms with Crippen LogP contribution >= 0.6 is 23.2 Å². The number of halogens is 2. The molecule has 2 aliphatic rings. The van der Waals surface area contributed by atoms with Crippen LogP contribution in [0.5, 0.6) is 0 Å². The van der Waals surface area contributed by atoms with Crippen molar-refractivity contribution >= 4 is 40.8 Å². The number of piperazine rings is 2. The zero-order chi connectivity index (χ0) is 29.3. The summed E-state index contributed by atoms with van der Waals surface area (Å²) >= 11 is 12.1. The minimum Gasteiger partial charge on any atom is -0.361 e. The monoisotopic (exact) mass is 609 g/mol. The molecule has 1 unspecified atom stereocenters. The first-order valence-electron chi connectivity index (χ1n) is 14.4. The number of carbonyl (C=O) groups excluding carboxylic acids is 2. The minimum absolute atomic E-state index is 0.0901. The van der Waals surface area contributed by atoms with Gasteiger partial charge in [-0.2, -0.15) is 0 Å². The van der Waals surface area contributed by atoms with Gasteiger partial charge in [0.2, 0.25) is 5.91 Å². The van der Waals surface area contributed by atoms with E-state index in [9.17, 15) is 9.59 Å². The summed E-state index contributed by atoms with van der Waals surface area (Å²) in [5.41, 5.74) is 2.98. The number of nitrogens with one attached hydrogen (secondary N) is 1. The van der Waals surface area contributed by atoms with Crippen molar-refractivity contribution in [2.24, 2.45) is 0 Å². The van der Waals surface area contributed by atoms with Gasteiger partial charge in [0.25, 0.3) is 0 Å². The Labute approximate surface area is 257 Å². The van der Waals surface area contributed by atoms with E-state index in [1.54, 1.807) is 23.1 Å². The summed E-state index contributed by atoms with van der Waals surface area (Å²) in [6.07, 6.45) is 0.943. The van der Waals surface area contributed by atoms with Crippen LogP contribution in [0.15, 0.2) is 78.9 Å². The van der Waals surface area contributed by atoms with Crippen LogP contribution in [0.1, 0.15) is 11.1 Å². The molecule has 0 aromatic heterocycles. The van der Waals surface area contributed by atoms with Crippen molar-refractivity contribution < 1.29 is 14.3 Å². The summed E-state index contributed by atoms with van der Waals surface area (Å²) in [5.74, 6) is 0.0901. The Bertz CT molecular complexity index is 1320. The lowest BCUT2D eigenvalue weighted by Crippen LogP contribution is -2.62. The van der Waals surface area contributed by atoms with E-state index in [1.165, 1.54) is 5.56 Å². The number of rotatable bonds is 9. The van der Waals surface area contributed by atoms with Gasteiger partial charge in [-0.25, -0.2) is 4.79 Å². The van der Waals surface area contributed by atoms with E-state index in [1.807, 2.05) is 41.3 Å². The Morgan fingerprint density at radius 2 is 1.45 bits per heavy atom. The smallest absolute Gasteiger partial charge is 0.321 e. The first-order chi connectivity index (χ1) is 20.5. The zero-order valence-corrected chi connectivity index (χ0v) is 25.1. The second kappa shape index (κ2) is 14.8. The van der Waals surface area contributed by atoms with Crippen molar-refractivity contribution in [2.75, 3.05) is 64.4 Å². The summed E-state index contributed by atoms with van der Waals surface area (Å²) < 4.78 is 6.07. The van der Waals surface area contributed by atoms with E-state index in [0.29, 0.717) is 61.8 Å². The molecule has 2 heterocycles. The molecule has 0 aliphatic carbocycles. The molecule has 3 aromatic rings. The number of amides is 3. The van der Waals surface area contributed by atoms with Gasteiger partial charge in [0, 0.05) is 58.0 Å². The van der Waals surface area contributed by atoms with Crippen LogP contribution < -0.4 is 5.32 Å². The van der Waals surface area contributed by atoms with E-state index >= 15 is 0 Å². The van der Waals surface area contributed by atoms with Crippen LogP contribution in [-0.4, -0.2) is 96.7 Å². The molecular weight excluding hydrogens is 573 g/mol. The molecule has 8 nitrogen and oxygen atoms in total. The van der Waals surface area contributed by atoms with E-state index in [-0.39, 0.29) is 18.0 Å². The molecule has 1 N–H and O–H groups in total. The number of hydrogen-bond donors (Lipinski definition) is 1. The minimum atomic E-state index is -0.304. The third-order valence-electron chi connectivity index (χ3n) is 7.84. The van der Waals surface area contributed by atoms with E-state index in [2.05, 4.69) is 39.4 Å². The van der Waals surface area contributed by atoms with Crippen LogP contribution in [0.4, 0.5) is 10.5 Å². The molecule has 2 fully saturated rings. The molecule has 222 valence electrons. The van der Waals surface area contributed by atoms with Gasteiger partial charge in [-0.3, -0.25) is 14.6 Å². The highest BCUT2D eigenvalue weighted by atomic mass is 35.5. The lowest BCUT2D eigenvalue weighted by atomic mass is 10.1. The fourth-order valence-electron chi connectivity index (χ4n) is 5.37. The zero-order valence-electron chi connectivity index (χ0n) is 23.6. The second-order valence-electron chi connectivity index (χ2n) is 10.7. The quantitative estimate of drug-likeness (QED) is 0.367. The summed E-state index contributed by atoms with van der Waals surface area (Å²) in [4.78, 5) is 34.9. The molecule has 3 amide bonds. The molecule has 3 aromatic carbocycles. The van der Waals surface area contributed by atoms with E-state index in [0.717, 1.165) is 31.6 Å². The Kier molecular flexibility index (Phi) is 10.7. The molecule has 0 spiro atoms. The predicted molar refractivity (Wildman–Crippen MR) is 167 cm³/mol. The molecule has 2 aliphatic heterocycles. The number of urea groups is 1. The third kappa shape index (κ3) is 8.24. The Morgan fingerprint density at radius 3 is 2.14 bits per heavy atom. The fraction of sp³-hybridized carbons (Fsp3) is 0.375. The van der Waals surface area contributed by atoms with Crippen LogP contribution in [0.25, 0.3) is 0 Å². The number of hydrogen-bond acceptors (Lipinski definition) is 5. The first-order valence-corrected chi connectivity index (χ1v) is 15.1. The normalized spacial score (nSPS) is 18.2. The topological polar surface area (TPSA) is 68.4 Å². The molecule has 5 rings (SSSR count). The number of nitrogens with zero attached hydrogens (tertiary/aromatic N) is 4. The number of anilines is 1. The van der Waals surface area contributed by atoms with E-state index in [4.69, 9.17) is 27.9 Å². The van der Waals surface area contributed by atoms with Gasteiger partial charge in [0.15, 0.2) is 0 Å². The van der Waals surface area contributed by atoms with Crippen molar-refractivity contribution in [2.45, 2.75) is 19.1 Å². The highest BCUT2D eigenvalue weighted by Gasteiger charge is 2.36. The molecule has 0 saturated carbocycles. The third-order valence-corrected chi connectivity index (χ3v) is 8.58. The average molecular weight is 611 g/mol. The predicted octanol–water partition coefficient (Wildman–Crippen LogP) is 5.07. The van der Waals surface area contributed by atoms with Crippen molar-refractivity contribution in [3.8, 4) is 0 Å². The second-order valence-corrected chi connectivity index (χ2v) is 11.5. The van der Waals surface area contributed by atoms with Crippen molar-refractivity contribution in [3.05, 3.63) is 100 Å². The summed E-state index contributed by atoms with van der Waals surface area (Å²) in [6.45, 7) is 5.95. The highest BCUT2D eigenvalue weighted by Crippen LogP contribution is 2.25. The Hall–Kier alpha value is -3.14. The number of ether oxygens (including phenoxy) is 1. The SMILES string of the molecule is O=C(Nc1ccc(Cl)c(Cl)c1)N1CCN(C(=O)C2CN(CCc3ccccc3)CCN2COCc2ccccc2)CC1. The van der Waals surface area contributed by atoms with E-state index < -0.39 is 0 Å². The maximum absolute atomic E-state index is 13.9. The lowest BCUT2D eigenvalue weighted by molar-refractivity contribution is -0.145. The van der Waals surface area contributed by atoms with Gasteiger partial charge in [-0.05, 0) is 35.7 Å². The molecule has 1 atom stereocenters. The fourth-order valence-corrected chi connectivity index (χ4v) is 5.67. The molecule has 0 bridgehead atoms. The standard InChI is InChI=1S/C32H37Cl2N5O3/c33-28-12-11-27(21-29(28)34)35-32(41)38-19-17-37(18-20-38)31(40)30-22-36(14-13-25-7-3-1-4-8-25)15-16-39(30)24-42-23-26-9-5-2-6-10-26/h1-12,21,30H,13-20,22-24H2,(H,35,41). The average Bonchev–Trinajstić information content (AvgIpc) is 3.03. The Morgan fingerprint density at radius 1 is 0.786 bits per heavy atom.